The predicted molar refractivity (Wildman–Crippen MR) is 77.7 cm³/mol. The standard InChI is InChI=1S/C13H14N4O3S/c1-8(11(14)20)17-12(9-5-3-2-4-6-9)15-16-13(17)21-7-10(18)19/h2-6,8H,7H2,1H3,(H2,14,20)(H,18,19). The van der Waals surface area contributed by atoms with Gasteiger partial charge in [0.2, 0.25) is 5.91 Å². The van der Waals surface area contributed by atoms with Crippen molar-refractivity contribution in [2.75, 3.05) is 5.75 Å². The minimum Gasteiger partial charge on any atom is -0.481 e. The number of aromatic nitrogens is 3. The van der Waals surface area contributed by atoms with Crippen LogP contribution in [0.2, 0.25) is 0 Å². The Labute approximate surface area is 125 Å². The summed E-state index contributed by atoms with van der Waals surface area (Å²) in [7, 11) is 0. The Kier molecular flexibility index (Phi) is 4.59. The first-order chi connectivity index (χ1) is 10.0. The number of carbonyl (C=O) groups is 2. The van der Waals surface area contributed by atoms with Gasteiger partial charge in [0.05, 0.1) is 5.75 Å². The van der Waals surface area contributed by atoms with Crippen molar-refractivity contribution in [2.45, 2.75) is 18.1 Å². The summed E-state index contributed by atoms with van der Waals surface area (Å²) < 4.78 is 1.56. The average Bonchev–Trinajstić information content (AvgIpc) is 2.88. The number of primary amides is 1. The van der Waals surface area contributed by atoms with Gasteiger partial charge in [-0.1, -0.05) is 42.1 Å². The summed E-state index contributed by atoms with van der Waals surface area (Å²) in [6, 6.07) is 8.54. The second-order valence-corrected chi connectivity index (χ2v) is 5.25. The normalized spacial score (nSPS) is 12.0. The maximum atomic E-state index is 11.5. The van der Waals surface area contributed by atoms with Gasteiger partial charge in [0.1, 0.15) is 6.04 Å². The molecule has 0 aliphatic heterocycles. The third kappa shape index (κ3) is 3.40. The third-order valence-corrected chi connectivity index (χ3v) is 3.75. The van der Waals surface area contributed by atoms with Crippen molar-refractivity contribution in [1.82, 2.24) is 14.8 Å². The zero-order valence-corrected chi connectivity index (χ0v) is 12.1. The summed E-state index contributed by atoms with van der Waals surface area (Å²) in [6.45, 7) is 1.63. The number of aliphatic carboxylic acids is 1. The van der Waals surface area contributed by atoms with Gasteiger partial charge in [0.15, 0.2) is 11.0 Å². The molecule has 8 heteroatoms. The maximum Gasteiger partial charge on any atom is 0.313 e. The smallest absolute Gasteiger partial charge is 0.313 e. The van der Waals surface area contributed by atoms with Crippen LogP contribution in [0.5, 0.6) is 0 Å². The fourth-order valence-corrected chi connectivity index (χ4v) is 2.50. The molecule has 0 saturated heterocycles. The molecule has 1 aromatic carbocycles. The minimum absolute atomic E-state index is 0.168. The van der Waals surface area contributed by atoms with Crippen LogP contribution in [-0.2, 0) is 9.59 Å². The van der Waals surface area contributed by atoms with Gasteiger partial charge < -0.3 is 10.8 Å². The van der Waals surface area contributed by atoms with Crippen molar-refractivity contribution >= 4 is 23.6 Å². The highest BCUT2D eigenvalue weighted by Crippen LogP contribution is 2.27. The molecule has 1 aromatic heterocycles. The summed E-state index contributed by atoms with van der Waals surface area (Å²) in [5.41, 5.74) is 6.14. The van der Waals surface area contributed by atoms with Crippen LogP contribution in [-0.4, -0.2) is 37.5 Å². The van der Waals surface area contributed by atoms with Crippen LogP contribution in [0.15, 0.2) is 35.5 Å². The molecule has 0 bridgehead atoms. The number of amides is 1. The fourth-order valence-electron chi connectivity index (χ4n) is 1.76. The molecule has 1 amide bonds. The van der Waals surface area contributed by atoms with Crippen LogP contribution in [0.3, 0.4) is 0 Å². The number of rotatable bonds is 6. The van der Waals surface area contributed by atoms with Crippen LogP contribution < -0.4 is 5.73 Å². The zero-order chi connectivity index (χ0) is 15.4. The van der Waals surface area contributed by atoms with Crippen LogP contribution in [0.25, 0.3) is 11.4 Å². The van der Waals surface area contributed by atoms with E-state index in [-0.39, 0.29) is 5.75 Å². The molecular weight excluding hydrogens is 292 g/mol. The average molecular weight is 306 g/mol. The van der Waals surface area contributed by atoms with Crippen molar-refractivity contribution < 1.29 is 14.7 Å². The predicted octanol–water partition coefficient (Wildman–Crippen LogP) is 1.17. The van der Waals surface area contributed by atoms with E-state index in [4.69, 9.17) is 10.8 Å². The topological polar surface area (TPSA) is 111 Å². The molecule has 2 aromatic rings. The second-order valence-electron chi connectivity index (χ2n) is 4.30. The van der Waals surface area contributed by atoms with Gasteiger partial charge in [-0.15, -0.1) is 10.2 Å². The van der Waals surface area contributed by atoms with Gasteiger partial charge in [-0.05, 0) is 6.92 Å². The van der Waals surface area contributed by atoms with Crippen molar-refractivity contribution in [2.24, 2.45) is 5.73 Å². The van der Waals surface area contributed by atoms with Gasteiger partial charge in [-0.2, -0.15) is 0 Å². The Morgan fingerprint density at radius 1 is 1.33 bits per heavy atom. The van der Waals surface area contributed by atoms with E-state index >= 15 is 0 Å². The lowest BCUT2D eigenvalue weighted by Gasteiger charge is -2.14. The van der Waals surface area contributed by atoms with Gasteiger partial charge in [0.25, 0.3) is 0 Å². The third-order valence-electron chi connectivity index (χ3n) is 2.82. The Hall–Kier alpha value is -2.35. The van der Waals surface area contributed by atoms with E-state index in [9.17, 15) is 9.59 Å². The van der Waals surface area contributed by atoms with Gasteiger partial charge >= 0.3 is 5.97 Å². The van der Waals surface area contributed by atoms with E-state index in [0.29, 0.717) is 11.0 Å². The van der Waals surface area contributed by atoms with Crippen LogP contribution in [0, 0.1) is 0 Å². The van der Waals surface area contributed by atoms with Crippen LogP contribution in [0.1, 0.15) is 13.0 Å². The number of nitrogens with zero attached hydrogens (tertiary/aromatic N) is 3. The molecule has 1 atom stereocenters. The molecule has 21 heavy (non-hydrogen) atoms. The van der Waals surface area contributed by atoms with Crippen LogP contribution >= 0.6 is 11.8 Å². The molecule has 1 unspecified atom stereocenters. The number of carbonyl (C=O) groups excluding carboxylic acids is 1. The Bertz CT molecular complexity index is 657. The highest BCUT2D eigenvalue weighted by molar-refractivity contribution is 7.99. The minimum atomic E-state index is -0.970. The summed E-state index contributed by atoms with van der Waals surface area (Å²) >= 11 is 0.998. The highest BCUT2D eigenvalue weighted by atomic mass is 32.2. The van der Waals surface area contributed by atoms with E-state index in [1.54, 1.807) is 11.5 Å². The molecule has 7 nitrogen and oxygen atoms in total. The maximum absolute atomic E-state index is 11.5. The van der Waals surface area contributed by atoms with Crippen molar-refractivity contribution in [3.05, 3.63) is 30.3 Å². The second kappa shape index (κ2) is 6.40. The first-order valence-electron chi connectivity index (χ1n) is 6.15. The quantitative estimate of drug-likeness (QED) is 0.775. The number of thioether (sulfide) groups is 1. The first-order valence-corrected chi connectivity index (χ1v) is 7.13. The summed E-state index contributed by atoms with van der Waals surface area (Å²) in [5.74, 6) is -1.19. The van der Waals surface area contributed by atoms with E-state index in [1.807, 2.05) is 30.3 Å². The van der Waals surface area contributed by atoms with Gasteiger partial charge in [0, 0.05) is 5.56 Å². The molecule has 0 radical (unpaired) electrons. The number of carboxylic acid groups (broad SMARTS) is 1. The monoisotopic (exact) mass is 306 g/mol. The Morgan fingerprint density at radius 2 is 2.00 bits per heavy atom. The van der Waals surface area contributed by atoms with Crippen molar-refractivity contribution in [3.8, 4) is 11.4 Å². The van der Waals surface area contributed by atoms with Crippen molar-refractivity contribution in [3.63, 3.8) is 0 Å². The molecule has 0 aliphatic rings. The number of nitrogens with two attached hydrogens (primary N) is 1. The molecule has 1 heterocycles. The number of carboxylic acids is 1. The molecule has 0 aliphatic carbocycles. The molecule has 0 fully saturated rings. The molecule has 110 valence electrons. The molecule has 2 rings (SSSR count). The van der Waals surface area contributed by atoms with Crippen molar-refractivity contribution in [1.29, 1.82) is 0 Å². The lowest BCUT2D eigenvalue weighted by Crippen LogP contribution is -2.25. The molecule has 0 spiro atoms. The van der Waals surface area contributed by atoms with Gasteiger partial charge in [-0.25, -0.2) is 0 Å². The summed E-state index contributed by atoms with van der Waals surface area (Å²) in [6.07, 6.45) is 0. The van der Waals surface area contributed by atoms with E-state index < -0.39 is 17.9 Å². The lowest BCUT2D eigenvalue weighted by atomic mass is 10.2. The molecule has 3 N–H and O–H groups in total. The fraction of sp³-hybridized carbons (Fsp3) is 0.231. The number of hydrogen-bond donors (Lipinski definition) is 2. The van der Waals surface area contributed by atoms with Crippen LogP contribution in [0.4, 0.5) is 0 Å². The van der Waals surface area contributed by atoms with E-state index in [2.05, 4.69) is 10.2 Å². The lowest BCUT2D eigenvalue weighted by molar-refractivity contribution is -0.133. The Balaban J connectivity index is 2.46. The van der Waals surface area contributed by atoms with E-state index in [1.165, 1.54) is 0 Å². The zero-order valence-electron chi connectivity index (χ0n) is 11.3. The number of benzene rings is 1. The highest BCUT2D eigenvalue weighted by Gasteiger charge is 2.22. The van der Waals surface area contributed by atoms with E-state index in [0.717, 1.165) is 17.3 Å². The SMILES string of the molecule is CC(C(N)=O)n1c(SCC(=O)O)nnc1-c1ccccc1. The Morgan fingerprint density at radius 3 is 2.57 bits per heavy atom. The number of hydrogen-bond acceptors (Lipinski definition) is 5. The van der Waals surface area contributed by atoms with Gasteiger partial charge in [-0.3, -0.25) is 14.2 Å². The first kappa shape index (κ1) is 15.0. The summed E-state index contributed by atoms with van der Waals surface area (Å²) in [5, 5.41) is 17.1. The largest absolute Gasteiger partial charge is 0.481 e. The molecular formula is C13H14N4O3S. The summed E-state index contributed by atoms with van der Waals surface area (Å²) in [4.78, 5) is 22.2. The molecule has 0 saturated carbocycles.